The van der Waals surface area contributed by atoms with E-state index in [4.69, 9.17) is 0 Å². The average molecular weight is 330 g/mol. The molecule has 3 aromatic rings. The van der Waals surface area contributed by atoms with E-state index in [1.54, 1.807) is 6.20 Å². The third kappa shape index (κ3) is 3.54. The minimum Gasteiger partial charge on any atom is -0.328 e. The molecule has 3 rings (SSSR count). The maximum absolute atomic E-state index is 13.2. The van der Waals surface area contributed by atoms with Gasteiger partial charge in [0.15, 0.2) is 11.6 Å². The lowest BCUT2D eigenvalue weighted by molar-refractivity contribution is 0.102. The van der Waals surface area contributed by atoms with Crippen molar-refractivity contribution >= 4 is 11.6 Å². The molecule has 6 nitrogen and oxygen atoms in total. The Labute approximate surface area is 134 Å². The van der Waals surface area contributed by atoms with Crippen LogP contribution in [0.25, 0.3) is 0 Å². The standard InChI is InChI=1S/C16H12F2N4O2/c17-13-3-1-10(5-14(13)18)8-22-9-12(7-20-22)21-16(24)11-2-4-15(23)19-6-11/h1-7,9H,8H2,(H,19,23)(H,21,24). The largest absolute Gasteiger partial charge is 0.328 e. The molecule has 0 radical (unpaired) electrons. The molecule has 0 aliphatic heterocycles. The van der Waals surface area contributed by atoms with Crippen molar-refractivity contribution in [2.45, 2.75) is 6.54 Å². The molecule has 0 aliphatic rings. The number of aromatic nitrogens is 3. The zero-order valence-electron chi connectivity index (χ0n) is 12.3. The number of carbonyl (C=O) groups excluding carboxylic acids is 1. The summed E-state index contributed by atoms with van der Waals surface area (Å²) in [6.45, 7) is 0.228. The molecule has 0 fully saturated rings. The number of anilines is 1. The van der Waals surface area contributed by atoms with Gasteiger partial charge < -0.3 is 10.3 Å². The van der Waals surface area contributed by atoms with E-state index < -0.39 is 17.5 Å². The van der Waals surface area contributed by atoms with Gasteiger partial charge in [0.1, 0.15) is 0 Å². The summed E-state index contributed by atoms with van der Waals surface area (Å²) < 4.78 is 27.6. The Morgan fingerprint density at radius 3 is 2.75 bits per heavy atom. The first-order valence-corrected chi connectivity index (χ1v) is 6.98. The quantitative estimate of drug-likeness (QED) is 0.769. The summed E-state index contributed by atoms with van der Waals surface area (Å²) in [4.78, 5) is 25.4. The summed E-state index contributed by atoms with van der Waals surface area (Å²) in [6.07, 6.45) is 4.30. The van der Waals surface area contributed by atoms with Crippen molar-refractivity contribution in [2.75, 3.05) is 5.32 Å². The highest BCUT2D eigenvalue weighted by atomic mass is 19.2. The number of nitrogens with zero attached hydrogens (tertiary/aromatic N) is 2. The summed E-state index contributed by atoms with van der Waals surface area (Å²) in [6, 6.07) is 6.25. The van der Waals surface area contributed by atoms with E-state index in [9.17, 15) is 18.4 Å². The van der Waals surface area contributed by atoms with Crippen LogP contribution in [0.5, 0.6) is 0 Å². The molecule has 122 valence electrons. The second-order valence-corrected chi connectivity index (χ2v) is 5.07. The number of carbonyl (C=O) groups is 1. The van der Waals surface area contributed by atoms with Crippen molar-refractivity contribution in [2.24, 2.45) is 0 Å². The number of hydrogen-bond donors (Lipinski definition) is 2. The third-order valence-electron chi connectivity index (χ3n) is 3.27. The molecule has 1 amide bonds. The van der Waals surface area contributed by atoms with Crippen LogP contribution in [0.2, 0.25) is 0 Å². The van der Waals surface area contributed by atoms with E-state index in [0.29, 0.717) is 16.8 Å². The Morgan fingerprint density at radius 1 is 1.21 bits per heavy atom. The Bertz CT molecular complexity index is 929. The zero-order valence-corrected chi connectivity index (χ0v) is 12.3. The van der Waals surface area contributed by atoms with Crippen LogP contribution in [0.1, 0.15) is 15.9 Å². The normalized spacial score (nSPS) is 10.6. The second kappa shape index (κ2) is 6.45. The molecule has 2 heterocycles. The predicted octanol–water partition coefficient (Wildman–Crippen LogP) is 2.15. The van der Waals surface area contributed by atoms with E-state index in [2.05, 4.69) is 15.4 Å². The summed E-state index contributed by atoms with van der Waals surface area (Å²) >= 11 is 0. The van der Waals surface area contributed by atoms with Crippen molar-refractivity contribution in [1.82, 2.24) is 14.8 Å². The zero-order chi connectivity index (χ0) is 17.1. The molecule has 0 saturated heterocycles. The minimum absolute atomic E-state index is 0.228. The second-order valence-electron chi connectivity index (χ2n) is 5.07. The summed E-state index contributed by atoms with van der Waals surface area (Å²) in [7, 11) is 0. The predicted molar refractivity (Wildman–Crippen MR) is 82.7 cm³/mol. The van der Waals surface area contributed by atoms with E-state index in [1.807, 2.05) is 0 Å². The first-order chi connectivity index (χ1) is 11.5. The first-order valence-electron chi connectivity index (χ1n) is 6.98. The maximum Gasteiger partial charge on any atom is 0.257 e. The number of benzene rings is 1. The maximum atomic E-state index is 13.2. The first kappa shape index (κ1) is 15.6. The minimum atomic E-state index is -0.925. The molecule has 2 N–H and O–H groups in total. The van der Waals surface area contributed by atoms with Crippen LogP contribution in [0.4, 0.5) is 14.5 Å². The van der Waals surface area contributed by atoms with Crippen LogP contribution >= 0.6 is 0 Å². The van der Waals surface area contributed by atoms with Crippen LogP contribution in [-0.2, 0) is 6.54 Å². The number of nitrogens with one attached hydrogen (secondary N) is 2. The lowest BCUT2D eigenvalue weighted by Gasteiger charge is -2.03. The average Bonchev–Trinajstić information content (AvgIpc) is 2.98. The molecule has 1 aromatic carbocycles. The van der Waals surface area contributed by atoms with Gasteiger partial charge in [0.05, 0.1) is 24.0 Å². The lowest BCUT2D eigenvalue weighted by Crippen LogP contribution is -2.14. The van der Waals surface area contributed by atoms with Crippen LogP contribution in [0, 0.1) is 11.6 Å². The third-order valence-corrected chi connectivity index (χ3v) is 3.27. The van der Waals surface area contributed by atoms with Gasteiger partial charge in [-0.3, -0.25) is 14.3 Å². The van der Waals surface area contributed by atoms with Crippen molar-refractivity contribution in [1.29, 1.82) is 0 Å². The molecule has 8 heteroatoms. The van der Waals surface area contributed by atoms with Gasteiger partial charge in [-0.1, -0.05) is 6.07 Å². The topological polar surface area (TPSA) is 79.8 Å². The molecule has 0 spiro atoms. The molecular weight excluding hydrogens is 318 g/mol. The van der Waals surface area contributed by atoms with E-state index in [1.165, 1.54) is 35.3 Å². The van der Waals surface area contributed by atoms with Gasteiger partial charge in [0, 0.05) is 18.5 Å². The van der Waals surface area contributed by atoms with Gasteiger partial charge in [0.25, 0.3) is 5.91 Å². The van der Waals surface area contributed by atoms with Crippen LogP contribution in [0.15, 0.2) is 53.7 Å². The van der Waals surface area contributed by atoms with Crippen LogP contribution in [0.3, 0.4) is 0 Å². The fraction of sp³-hybridized carbons (Fsp3) is 0.0625. The van der Waals surface area contributed by atoms with Gasteiger partial charge in [-0.15, -0.1) is 0 Å². The van der Waals surface area contributed by atoms with Crippen LogP contribution < -0.4 is 10.9 Å². The number of amides is 1. The fourth-order valence-corrected chi connectivity index (χ4v) is 2.09. The van der Waals surface area contributed by atoms with E-state index >= 15 is 0 Å². The molecule has 2 aromatic heterocycles. The monoisotopic (exact) mass is 330 g/mol. The molecule has 0 aliphatic carbocycles. The van der Waals surface area contributed by atoms with Gasteiger partial charge in [0.2, 0.25) is 5.56 Å². The number of H-pyrrole nitrogens is 1. The Morgan fingerprint density at radius 2 is 2.04 bits per heavy atom. The molecule has 0 bridgehead atoms. The van der Waals surface area contributed by atoms with E-state index in [-0.39, 0.29) is 12.1 Å². The van der Waals surface area contributed by atoms with Gasteiger partial charge in [-0.05, 0) is 23.8 Å². The number of halogens is 2. The van der Waals surface area contributed by atoms with Gasteiger partial charge in [-0.25, -0.2) is 8.78 Å². The highest BCUT2D eigenvalue weighted by molar-refractivity contribution is 6.03. The van der Waals surface area contributed by atoms with Crippen molar-refractivity contribution < 1.29 is 13.6 Å². The number of aromatic amines is 1. The SMILES string of the molecule is O=C(Nc1cnn(Cc2ccc(F)c(F)c2)c1)c1ccc(=O)[nH]c1. The van der Waals surface area contributed by atoms with Crippen molar-refractivity contribution in [3.8, 4) is 0 Å². The Kier molecular flexibility index (Phi) is 4.19. The number of pyridine rings is 1. The molecule has 24 heavy (non-hydrogen) atoms. The highest BCUT2D eigenvalue weighted by Crippen LogP contribution is 2.12. The fourth-order valence-electron chi connectivity index (χ4n) is 2.09. The molecule has 0 saturated carbocycles. The summed E-state index contributed by atoms with van der Waals surface area (Å²) in [5.74, 6) is -2.24. The smallest absolute Gasteiger partial charge is 0.257 e. The molecule has 0 atom stereocenters. The van der Waals surface area contributed by atoms with E-state index in [0.717, 1.165) is 12.1 Å². The van der Waals surface area contributed by atoms with Gasteiger partial charge in [-0.2, -0.15) is 5.10 Å². The summed E-state index contributed by atoms with van der Waals surface area (Å²) in [5, 5.41) is 6.68. The molecular formula is C16H12F2N4O2. The van der Waals surface area contributed by atoms with Crippen LogP contribution in [-0.4, -0.2) is 20.7 Å². The Balaban J connectivity index is 1.68. The molecule has 0 unspecified atom stereocenters. The summed E-state index contributed by atoms with van der Waals surface area (Å²) in [5.41, 5.74) is 0.971. The van der Waals surface area contributed by atoms with Crippen molar-refractivity contribution in [3.05, 3.63) is 82.0 Å². The van der Waals surface area contributed by atoms with Gasteiger partial charge >= 0.3 is 0 Å². The van der Waals surface area contributed by atoms with Crippen molar-refractivity contribution in [3.63, 3.8) is 0 Å². The highest BCUT2D eigenvalue weighted by Gasteiger charge is 2.08. The Hall–Kier alpha value is -3.29. The number of rotatable bonds is 4. The number of hydrogen-bond acceptors (Lipinski definition) is 3. The lowest BCUT2D eigenvalue weighted by atomic mass is 10.2.